The third kappa shape index (κ3) is 2.76. The predicted octanol–water partition coefficient (Wildman–Crippen LogP) is 2.27. The zero-order valence-electron chi connectivity index (χ0n) is 10.4. The van der Waals surface area contributed by atoms with Gasteiger partial charge in [0.1, 0.15) is 0 Å². The summed E-state index contributed by atoms with van der Waals surface area (Å²) in [5.41, 5.74) is 1.86. The Kier molecular flexibility index (Phi) is 4.10. The number of hydrogen-bond donors (Lipinski definition) is 2. The lowest BCUT2D eigenvalue weighted by Gasteiger charge is -2.29. The number of benzene rings is 2. The van der Waals surface area contributed by atoms with Crippen LogP contribution in [0.1, 0.15) is 23.3 Å². The lowest BCUT2D eigenvalue weighted by atomic mass is 9.95. The fourth-order valence-corrected chi connectivity index (χ4v) is 2.12. The van der Waals surface area contributed by atoms with E-state index < -0.39 is 6.10 Å². The van der Waals surface area contributed by atoms with E-state index in [2.05, 4.69) is 0 Å². The molecular weight excluding hydrogens is 224 g/mol. The molecule has 3 N–H and O–H groups in total. The first kappa shape index (κ1) is 12.8. The zero-order valence-corrected chi connectivity index (χ0v) is 10.4. The van der Waals surface area contributed by atoms with Crippen molar-refractivity contribution in [3.05, 3.63) is 71.8 Å². The Morgan fingerprint density at radius 1 is 0.889 bits per heavy atom. The Labute approximate surface area is 107 Å². The molecule has 0 saturated heterocycles. The van der Waals surface area contributed by atoms with Gasteiger partial charge in [-0.3, -0.25) is 5.84 Å². The molecule has 0 amide bonds. The maximum absolute atomic E-state index is 10.5. The van der Waals surface area contributed by atoms with E-state index in [1.165, 1.54) is 0 Å². The molecule has 0 spiro atoms. The van der Waals surface area contributed by atoms with Gasteiger partial charge in [0.15, 0.2) is 0 Å². The zero-order chi connectivity index (χ0) is 13.0. The number of nitrogens with zero attached hydrogens (tertiary/aromatic N) is 1. The minimum Gasteiger partial charge on any atom is -0.386 e. The highest BCUT2D eigenvalue weighted by atomic mass is 16.3. The Morgan fingerprint density at radius 2 is 1.33 bits per heavy atom. The number of rotatable bonds is 4. The molecule has 0 aromatic heterocycles. The maximum atomic E-state index is 10.5. The first-order valence-electron chi connectivity index (χ1n) is 5.95. The van der Waals surface area contributed by atoms with Crippen LogP contribution in [0.4, 0.5) is 0 Å². The fraction of sp³-hybridized carbons (Fsp3) is 0.200. The number of hydrazine groups is 1. The van der Waals surface area contributed by atoms with Gasteiger partial charge in [0, 0.05) is 7.05 Å². The molecule has 2 rings (SSSR count). The fourth-order valence-electron chi connectivity index (χ4n) is 2.12. The molecular formula is C15H18N2O. The second-order valence-corrected chi connectivity index (χ2v) is 4.38. The number of likely N-dealkylation sites (N-methyl/N-ethyl adjacent to an activating group) is 1. The van der Waals surface area contributed by atoms with Gasteiger partial charge in [-0.05, 0) is 11.1 Å². The quantitative estimate of drug-likeness (QED) is 0.638. The van der Waals surface area contributed by atoms with E-state index in [1.54, 1.807) is 12.1 Å². The van der Waals surface area contributed by atoms with Crippen molar-refractivity contribution >= 4 is 0 Å². The molecule has 0 aliphatic heterocycles. The van der Waals surface area contributed by atoms with Gasteiger partial charge in [0.05, 0.1) is 12.1 Å². The second-order valence-electron chi connectivity index (χ2n) is 4.38. The van der Waals surface area contributed by atoms with Crippen molar-refractivity contribution in [2.45, 2.75) is 12.1 Å². The van der Waals surface area contributed by atoms with Crippen LogP contribution in [0.2, 0.25) is 0 Å². The van der Waals surface area contributed by atoms with E-state index in [1.807, 2.05) is 60.7 Å². The minimum absolute atomic E-state index is 0.256. The van der Waals surface area contributed by atoms with Crippen LogP contribution in [0.15, 0.2) is 60.7 Å². The molecule has 0 aliphatic rings. The third-order valence-corrected chi connectivity index (χ3v) is 3.02. The van der Waals surface area contributed by atoms with Gasteiger partial charge < -0.3 is 5.11 Å². The van der Waals surface area contributed by atoms with E-state index >= 15 is 0 Å². The summed E-state index contributed by atoms with van der Waals surface area (Å²) in [4.78, 5) is 0. The van der Waals surface area contributed by atoms with E-state index in [9.17, 15) is 5.11 Å². The van der Waals surface area contributed by atoms with Crippen LogP contribution in [-0.2, 0) is 0 Å². The summed E-state index contributed by atoms with van der Waals surface area (Å²) >= 11 is 0. The number of aliphatic hydroxyl groups excluding tert-OH is 1. The summed E-state index contributed by atoms with van der Waals surface area (Å²) in [6.45, 7) is 0. The average Bonchev–Trinajstić information content (AvgIpc) is 2.40. The summed E-state index contributed by atoms with van der Waals surface area (Å²) < 4.78 is 0. The normalized spacial score (nSPS) is 14.4. The third-order valence-electron chi connectivity index (χ3n) is 3.02. The minimum atomic E-state index is -0.649. The van der Waals surface area contributed by atoms with E-state index in [0.717, 1.165) is 11.1 Å². The topological polar surface area (TPSA) is 49.5 Å². The van der Waals surface area contributed by atoms with Gasteiger partial charge >= 0.3 is 0 Å². The van der Waals surface area contributed by atoms with Crippen LogP contribution < -0.4 is 5.84 Å². The molecule has 0 aliphatic carbocycles. The molecule has 2 aromatic rings. The number of nitrogens with two attached hydrogens (primary N) is 1. The van der Waals surface area contributed by atoms with Crippen LogP contribution in [-0.4, -0.2) is 17.2 Å². The maximum Gasteiger partial charge on any atom is 0.1000 e. The molecule has 0 saturated carbocycles. The smallest absolute Gasteiger partial charge is 0.1000 e. The first-order valence-corrected chi connectivity index (χ1v) is 5.95. The molecule has 0 bridgehead atoms. The summed E-state index contributed by atoms with van der Waals surface area (Å²) in [6, 6.07) is 19.1. The standard InChI is InChI=1S/C15H18N2O/c1-17(16)14(12-8-4-2-5-9-12)15(18)13-10-6-3-7-11-13/h2-11,14-15,18H,16H2,1H3/t14-,15-/m1/s1. The highest BCUT2D eigenvalue weighted by Crippen LogP contribution is 2.31. The van der Waals surface area contributed by atoms with Gasteiger partial charge in [-0.15, -0.1) is 0 Å². The molecule has 18 heavy (non-hydrogen) atoms. The van der Waals surface area contributed by atoms with Gasteiger partial charge in [-0.2, -0.15) is 0 Å². The molecule has 94 valence electrons. The Bertz CT molecular complexity index is 470. The molecule has 0 heterocycles. The number of aliphatic hydroxyl groups is 1. The van der Waals surface area contributed by atoms with Gasteiger partial charge in [-0.1, -0.05) is 60.7 Å². The monoisotopic (exact) mass is 242 g/mol. The lowest BCUT2D eigenvalue weighted by Crippen LogP contribution is -2.35. The van der Waals surface area contributed by atoms with E-state index in [-0.39, 0.29) is 6.04 Å². The highest BCUT2D eigenvalue weighted by molar-refractivity contribution is 5.26. The molecule has 3 heteroatoms. The molecule has 2 aromatic carbocycles. The van der Waals surface area contributed by atoms with Crippen molar-refractivity contribution in [2.24, 2.45) is 5.84 Å². The van der Waals surface area contributed by atoms with Crippen molar-refractivity contribution in [3.8, 4) is 0 Å². The summed E-state index contributed by atoms with van der Waals surface area (Å²) in [5, 5.41) is 12.0. The van der Waals surface area contributed by atoms with Crippen molar-refractivity contribution in [1.82, 2.24) is 5.01 Å². The van der Waals surface area contributed by atoms with Crippen LogP contribution in [0.5, 0.6) is 0 Å². The summed E-state index contributed by atoms with van der Waals surface area (Å²) in [7, 11) is 1.77. The molecule has 3 nitrogen and oxygen atoms in total. The van der Waals surface area contributed by atoms with Crippen LogP contribution in [0, 0.1) is 0 Å². The van der Waals surface area contributed by atoms with Gasteiger partial charge in [-0.25, -0.2) is 5.01 Å². The lowest BCUT2D eigenvalue weighted by molar-refractivity contribution is 0.0620. The Morgan fingerprint density at radius 3 is 1.78 bits per heavy atom. The Balaban J connectivity index is 2.32. The number of hydrogen-bond acceptors (Lipinski definition) is 3. The van der Waals surface area contributed by atoms with Crippen molar-refractivity contribution < 1.29 is 5.11 Å². The largest absolute Gasteiger partial charge is 0.386 e. The van der Waals surface area contributed by atoms with Crippen molar-refractivity contribution in [1.29, 1.82) is 0 Å². The van der Waals surface area contributed by atoms with Crippen LogP contribution in [0.25, 0.3) is 0 Å². The van der Waals surface area contributed by atoms with Gasteiger partial charge in [0.2, 0.25) is 0 Å². The van der Waals surface area contributed by atoms with Crippen LogP contribution in [0.3, 0.4) is 0 Å². The van der Waals surface area contributed by atoms with Crippen molar-refractivity contribution in [3.63, 3.8) is 0 Å². The summed E-state index contributed by atoms with van der Waals surface area (Å²) in [6.07, 6.45) is -0.649. The van der Waals surface area contributed by atoms with E-state index in [0.29, 0.717) is 0 Å². The van der Waals surface area contributed by atoms with Crippen molar-refractivity contribution in [2.75, 3.05) is 7.05 Å². The Hall–Kier alpha value is -1.68. The van der Waals surface area contributed by atoms with Gasteiger partial charge in [0.25, 0.3) is 0 Å². The molecule has 2 atom stereocenters. The summed E-state index contributed by atoms with van der Waals surface area (Å²) in [5.74, 6) is 5.88. The molecule has 0 unspecified atom stereocenters. The molecule has 0 fully saturated rings. The predicted molar refractivity (Wildman–Crippen MR) is 72.5 cm³/mol. The highest BCUT2D eigenvalue weighted by Gasteiger charge is 2.24. The molecule has 0 radical (unpaired) electrons. The second kappa shape index (κ2) is 5.78. The SMILES string of the molecule is CN(N)[C@H](c1ccccc1)[C@H](O)c1ccccc1. The average molecular weight is 242 g/mol. The van der Waals surface area contributed by atoms with Crippen LogP contribution >= 0.6 is 0 Å². The first-order chi connectivity index (χ1) is 8.70. The van der Waals surface area contributed by atoms with E-state index in [4.69, 9.17) is 5.84 Å².